The monoisotopic (exact) mass is 413 g/mol. The second-order valence-corrected chi connectivity index (χ2v) is 8.30. The quantitative estimate of drug-likeness (QED) is 0.366. The molecule has 3 aromatic carbocycles. The van der Waals surface area contributed by atoms with Gasteiger partial charge in [0.25, 0.3) is 0 Å². The fourth-order valence-electron chi connectivity index (χ4n) is 4.05. The predicted molar refractivity (Wildman–Crippen MR) is 132 cm³/mol. The summed E-state index contributed by atoms with van der Waals surface area (Å²) in [6, 6.07) is 27.5. The van der Waals surface area contributed by atoms with Gasteiger partial charge >= 0.3 is 0 Å². The zero-order valence-electron chi connectivity index (χ0n) is 18.9. The van der Waals surface area contributed by atoms with Crippen molar-refractivity contribution in [2.24, 2.45) is 0 Å². The first-order chi connectivity index (χ1) is 15.2. The largest absolute Gasteiger partial charge is 0.508 e. The summed E-state index contributed by atoms with van der Waals surface area (Å²) >= 11 is 0. The van der Waals surface area contributed by atoms with Gasteiger partial charge in [-0.15, -0.1) is 0 Å². The third-order valence-electron chi connectivity index (χ3n) is 5.72. The van der Waals surface area contributed by atoms with Crippen LogP contribution in [0.25, 0.3) is 5.57 Å². The maximum atomic E-state index is 10.0. The van der Waals surface area contributed by atoms with Gasteiger partial charge in [-0.3, -0.25) is 0 Å². The Hall–Kier alpha value is -2.84. The summed E-state index contributed by atoms with van der Waals surface area (Å²) in [5, 5.41) is 13.8. The van der Waals surface area contributed by atoms with Crippen LogP contribution in [0.2, 0.25) is 0 Å². The summed E-state index contributed by atoms with van der Waals surface area (Å²) in [6.07, 6.45) is 7.49. The molecule has 2 N–H and O–H groups in total. The number of nitrogens with one attached hydrogen (secondary N) is 1. The highest BCUT2D eigenvalue weighted by molar-refractivity contribution is 5.69. The fourth-order valence-corrected chi connectivity index (χ4v) is 4.05. The Labute approximate surface area is 187 Å². The lowest BCUT2D eigenvalue weighted by Crippen LogP contribution is -2.34. The van der Waals surface area contributed by atoms with Crippen LogP contribution in [0.3, 0.4) is 0 Å². The molecular formula is C29H35NO. The van der Waals surface area contributed by atoms with Crippen molar-refractivity contribution < 1.29 is 5.11 Å². The molecule has 0 amide bonds. The molecule has 0 spiro atoms. The molecule has 162 valence electrons. The van der Waals surface area contributed by atoms with Crippen molar-refractivity contribution in [1.82, 2.24) is 5.32 Å². The Balaban J connectivity index is 1.70. The van der Waals surface area contributed by atoms with Gasteiger partial charge in [-0.05, 0) is 79.1 Å². The number of aryl methyl sites for hydroxylation is 1. The van der Waals surface area contributed by atoms with Gasteiger partial charge in [-0.25, -0.2) is 0 Å². The number of phenolic OH excluding ortho intramolecular Hbond substituents is 1. The normalized spacial score (nSPS) is 11.8. The van der Waals surface area contributed by atoms with Gasteiger partial charge in [-0.2, -0.15) is 0 Å². The van der Waals surface area contributed by atoms with E-state index in [9.17, 15) is 5.11 Å². The minimum atomic E-state index is 0.335. The van der Waals surface area contributed by atoms with Crippen LogP contribution in [-0.4, -0.2) is 17.7 Å². The molecule has 2 heteroatoms. The van der Waals surface area contributed by atoms with E-state index in [1.54, 1.807) is 6.07 Å². The predicted octanol–water partition coefficient (Wildman–Crippen LogP) is 6.72. The van der Waals surface area contributed by atoms with Crippen LogP contribution in [-0.2, 0) is 12.8 Å². The van der Waals surface area contributed by atoms with Crippen molar-refractivity contribution in [1.29, 1.82) is 0 Å². The molecule has 0 saturated heterocycles. The Bertz CT molecular complexity index is 905. The van der Waals surface area contributed by atoms with E-state index in [4.69, 9.17) is 0 Å². The van der Waals surface area contributed by atoms with Gasteiger partial charge in [0.2, 0.25) is 0 Å². The molecule has 0 saturated carbocycles. The molecule has 0 heterocycles. The van der Waals surface area contributed by atoms with E-state index < -0.39 is 0 Å². The Morgan fingerprint density at radius 3 is 2.10 bits per heavy atom. The van der Waals surface area contributed by atoms with E-state index >= 15 is 0 Å². The summed E-state index contributed by atoms with van der Waals surface area (Å²) < 4.78 is 0. The lowest BCUT2D eigenvalue weighted by atomic mass is 9.95. The average Bonchev–Trinajstić information content (AvgIpc) is 2.79. The molecule has 3 aromatic rings. The number of rotatable bonds is 11. The van der Waals surface area contributed by atoms with Gasteiger partial charge in [0, 0.05) is 6.04 Å². The highest BCUT2D eigenvalue weighted by atomic mass is 16.3. The maximum Gasteiger partial charge on any atom is 0.116 e. The topological polar surface area (TPSA) is 32.3 Å². The molecule has 0 aliphatic heterocycles. The van der Waals surface area contributed by atoms with Gasteiger partial charge in [-0.1, -0.05) is 86.2 Å². The molecule has 0 radical (unpaired) electrons. The van der Waals surface area contributed by atoms with E-state index in [0.717, 1.165) is 44.2 Å². The minimum Gasteiger partial charge on any atom is -0.508 e. The molecule has 31 heavy (non-hydrogen) atoms. The van der Waals surface area contributed by atoms with Gasteiger partial charge in [0.15, 0.2) is 0 Å². The summed E-state index contributed by atoms with van der Waals surface area (Å²) in [5.41, 5.74) is 6.42. The Morgan fingerprint density at radius 2 is 1.52 bits per heavy atom. The smallest absolute Gasteiger partial charge is 0.116 e. The summed E-state index contributed by atoms with van der Waals surface area (Å²) in [7, 11) is 0. The molecule has 0 atom stereocenters. The van der Waals surface area contributed by atoms with E-state index in [0.29, 0.717) is 11.8 Å². The average molecular weight is 414 g/mol. The van der Waals surface area contributed by atoms with Crippen molar-refractivity contribution in [2.45, 2.75) is 52.0 Å². The molecule has 0 aromatic heterocycles. The lowest BCUT2D eigenvalue weighted by Gasteiger charge is -2.20. The van der Waals surface area contributed by atoms with Crippen molar-refractivity contribution in [3.63, 3.8) is 0 Å². The highest BCUT2D eigenvalue weighted by Gasteiger charge is 2.12. The molecule has 3 rings (SSSR count). The number of aromatic hydroxyl groups is 1. The molecule has 0 bridgehead atoms. The van der Waals surface area contributed by atoms with E-state index in [1.807, 2.05) is 12.1 Å². The summed E-state index contributed by atoms with van der Waals surface area (Å²) in [4.78, 5) is 0. The SMILES string of the molecule is CCC/C=C(/CCNC(Cc1ccccc1)Cc1ccccc1)c1cc(O)ccc1C. The van der Waals surface area contributed by atoms with Crippen molar-refractivity contribution in [2.75, 3.05) is 6.54 Å². The van der Waals surface area contributed by atoms with Crippen molar-refractivity contribution >= 4 is 5.57 Å². The second kappa shape index (κ2) is 12.1. The maximum absolute atomic E-state index is 10.0. The fraction of sp³-hybridized carbons (Fsp3) is 0.310. The first-order valence-corrected chi connectivity index (χ1v) is 11.5. The molecule has 0 unspecified atom stereocenters. The zero-order valence-corrected chi connectivity index (χ0v) is 18.9. The van der Waals surface area contributed by atoms with Crippen LogP contribution in [0.1, 0.15) is 48.4 Å². The standard InChI is InChI=1S/C29H35NO/c1-3-4-15-26(29-22-28(31)17-16-23(29)2)18-19-30-27(20-24-11-7-5-8-12-24)21-25-13-9-6-10-14-25/h5-17,22,27,30-31H,3-4,18-21H2,1-2H3/b26-15-. The second-order valence-electron chi connectivity index (χ2n) is 8.30. The van der Waals surface area contributed by atoms with Crippen LogP contribution in [0, 0.1) is 6.92 Å². The van der Waals surface area contributed by atoms with Crippen LogP contribution in [0.4, 0.5) is 0 Å². The first kappa shape index (κ1) is 22.8. The van der Waals surface area contributed by atoms with Gasteiger partial charge < -0.3 is 10.4 Å². The van der Waals surface area contributed by atoms with Crippen LogP contribution < -0.4 is 5.32 Å². The first-order valence-electron chi connectivity index (χ1n) is 11.5. The number of hydrogen-bond donors (Lipinski definition) is 2. The van der Waals surface area contributed by atoms with Gasteiger partial charge in [0.05, 0.1) is 0 Å². The summed E-state index contributed by atoms with van der Waals surface area (Å²) in [5.74, 6) is 0.335. The van der Waals surface area contributed by atoms with E-state index in [-0.39, 0.29) is 0 Å². The Kier molecular flexibility index (Phi) is 8.93. The third-order valence-corrected chi connectivity index (χ3v) is 5.72. The zero-order chi connectivity index (χ0) is 21.9. The van der Waals surface area contributed by atoms with Crippen LogP contribution in [0.15, 0.2) is 84.9 Å². The highest BCUT2D eigenvalue weighted by Crippen LogP contribution is 2.26. The van der Waals surface area contributed by atoms with Gasteiger partial charge in [0.1, 0.15) is 5.75 Å². The number of phenols is 1. The number of unbranched alkanes of at least 4 members (excludes halogenated alkanes) is 1. The Morgan fingerprint density at radius 1 is 0.903 bits per heavy atom. The molecule has 0 aliphatic rings. The van der Waals surface area contributed by atoms with Crippen LogP contribution >= 0.6 is 0 Å². The van der Waals surface area contributed by atoms with E-state index in [1.165, 1.54) is 22.3 Å². The lowest BCUT2D eigenvalue weighted by molar-refractivity contribution is 0.475. The molecule has 2 nitrogen and oxygen atoms in total. The number of benzene rings is 3. The number of hydrogen-bond acceptors (Lipinski definition) is 2. The summed E-state index contributed by atoms with van der Waals surface area (Å²) in [6.45, 7) is 5.24. The molecular weight excluding hydrogens is 378 g/mol. The number of allylic oxidation sites excluding steroid dienone is 1. The van der Waals surface area contributed by atoms with E-state index in [2.05, 4.69) is 85.9 Å². The minimum absolute atomic E-state index is 0.335. The van der Waals surface area contributed by atoms with Crippen LogP contribution in [0.5, 0.6) is 5.75 Å². The third kappa shape index (κ3) is 7.41. The van der Waals surface area contributed by atoms with Crippen molar-refractivity contribution in [3.8, 4) is 5.75 Å². The molecule has 0 aliphatic carbocycles. The van der Waals surface area contributed by atoms with Crippen molar-refractivity contribution in [3.05, 3.63) is 107 Å². The molecule has 0 fully saturated rings.